The summed E-state index contributed by atoms with van der Waals surface area (Å²) in [5.41, 5.74) is 7.28. The topological polar surface area (TPSA) is 29.3 Å². The van der Waals surface area contributed by atoms with E-state index in [9.17, 15) is 0 Å². The first-order valence-corrected chi connectivity index (χ1v) is 6.19. The number of thiophene rings is 1. The normalized spacial score (nSPS) is 20.1. The van der Waals surface area contributed by atoms with Gasteiger partial charge in [0.1, 0.15) is 0 Å². The molecule has 1 aliphatic rings. The summed E-state index contributed by atoms with van der Waals surface area (Å²) in [6.45, 7) is 5.38. The van der Waals surface area contributed by atoms with E-state index in [1.54, 1.807) is 0 Å². The third-order valence-corrected chi connectivity index (χ3v) is 4.13. The molecule has 1 aliphatic heterocycles. The Balaban J connectivity index is 2.16. The minimum atomic E-state index is 0.470. The summed E-state index contributed by atoms with van der Waals surface area (Å²) < 4.78 is 0. The molecule has 1 aromatic rings. The van der Waals surface area contributed by atoms with Crippen molar-refractivity contribution in [2.75, 3.05) is 19.6 Å². The maximum Gasteiger partial charge on any atom is 0.0566 e. The zero-order valence-corrected chi connectivity index (χ0v) is 9.52. The molecule has 2 heterocycles. The van der Waals surface area contributed by atoms with E-state index < -0.39 is 0 Å². The number of aryl methyl sites for hydroxylation is 1. The van der Waals surface area contributed by atoms with Gasteiger partial charge in [-0.15, -0.1) is 11.3 Å². The summed E-state index contributed by atoms with van der Waals surface area (Å²) in [6.07, 6.45) is 2.67. The molecule has 0 aromatic carbocycles. The molecule has 1 aromatic heterocycles. The fourth-order valence-corrected chi connectivity index (χ4v) is 3.28. The van der Waals surface area contributed by atoms with Gasteiger partial charge in [-0.2, -0.15) is 0 Å². The van der Waals surface area contributed by atoms with Gasteiger partial charge in [0.25, 0.3) is 0 Å². The van der Waals surface area contributed by atoms with Crippen LogP contribution in [0.15, 0.2) is 11.4 Å². The van der Waals surface area contributed by atoms with Crippen molar-refractivity contribution in [3.8, 4) is 0 Å². The second kappa shape index (κ2) is 4.43. The van der Waals surface area contributed by atoms with Crippen molar-refractivity contribution in [1.29, 1.82) is 0 Å². The predicted molar refractivity (Wildman–Crippen MR) is 61.7 cm³/mol. The van der Waals surface area contributed by atoms with Gasteiger partial charge in [-0.3, -0.25) is 4.90 Å². The summed E-state index contributed by atoms with van der Waals surface area (Å²) in [5.74, 6) is 0. The Kier molecular flexibility index (Phi) is 3.21. The van der Waals surface area contributed by atoms with E-state index in [0.717, 1.165) is 6.54 Å². The highest BCUT2D eigenvalue weighted by molar-refractivity contribution is 7.10. The summed E-state index contributed by atoms with van der Waals surface area (Å²) >= 11 is 1.85. The molecule has 0 bridgehead atoms. The molecular weight excluding hydrogens is 192 g/mol. The molecule has 1 unspecified atom stereocenters. The number of hydrogen-bond acceptors (Lipinski definition) is 3. The maximum atomic E-state index is 5.88. The molecule has 3 heteroatoms. The van der Waals surface area contributed by atoms with Crippen LogP contribution >= 0.6 is 11.3 Å². The van der Waals surface area contributed by atoms with Crippen molar-refractivity contribution >= 4 is 11.3 Å². The van der Waals surface area contributed by atoms with E-state index in [4.69, 9.17) is 5.73 Å². The lowest BCUT2D eigenvalue weighted by molar-refractivity contribution is 0.254. The van der Waals surface area contributed by atoms with E-state index in [2.05, 4.69) is 23.3 Å². The number of nitrogens with zero attached hydrogens (tertiary/aromatic N) is 1. The van der Waals surface area contributed by atoms with Gasteiger partial charge in [-0.05, 0) is 49.9 Å². The SMILES string of the molecule is Cc1ccsc1C(CN)N1CCCC1. The second-order valence-corrected chi connectivity index (χ2v) is 4.91. The molecule has 0 saturated carbocycles. The first-order chi connectivity index (χ1) is 6.83. The molecule has 0 spiro atoms. The Morgan fingerprint density at radius 3 is 2.71 bits per heavy atom. The van der Waals surface area contributed by atoms with E-state index in [1.807, 2.05) is 11.3 Å². The molecular formula is C11H18N2S. The molecule has 1 saturated heterocycles. The summed E-state index contributed by atoms with van der Waals surface area (Å²) in [4.78, 5) is 3.99. The van der Waals surface area contributed by atoms with Crippen molar-refractivity contribution in [3.63, 3.8) is 0 Å². The first kappa shape index (κ1) is 10.1. The smallest absolute Gasteiger partial charge is 0.0566 e. The van der Waals surface area contributed by atoms with E-state index >= 15 is 0 Å². The summed E-state index contributed by atoms with van der Waals surface area (Å²) in [7, 11) is 0. The Hall–Kier alpha value is -0.380. The van der Waals surface area contributed by atoms with Crippen molar-refractivity contribution < 1.29 is 0 Å². The first-order valence-electron chi connectivity index (χ1n) is 5.31. The highest BCUT2D eigenvalue weighted by Crippen LogP contribution is 2.30. The van der Waals surface area contributed by atoms with Crippen LogP contribution in [0, 0.1) is 6.92 Å². The summed E-state index contributed by atoms with van der Waals surface area (Å²) in [6, 6.07) is 2.66. The van der Waals surface area contributed by atoms with Crippen LogP contribution in [0.1, 0.15) is 29.3 Å². The van der Waals surface area contributed by atoms with Gasteiger partial charge in [0.05, 0.1) is 6.04 Å². The molecule has 1 fully saturated rings. The Morgan fingerprint density at radius 2 is 2.21 bits per heavy atom. The van der Waals surface area contributed by atoms with Crippen molar-refractivity contribution in [2.45, 2.75) is 25.8 Å². The average Bonchev–Trinajstić information content (AvgIpc) is 2.80. The van der Waals surface area contributed by atoms with E-state index in [1.165, 1.54) is 36.4 Å². The molecule has 78 valence electrons. The van der Waals surface area contributed by atoms with Gasteiger partial charge in [0.15, 0.2) is 0 Å². The van der Waals surface area contributed by atoms with Crippen LogP contribution in [0.5, 0.6) is 0 Å². The van der Waals surface area contributed by atoms with Crippen LogP contribution in [0.25, 0.3) is 0 Å². The maximum absolute atomic E-state index is 5.88. The highest BCUT2D eigenvalue weighted by atomic mass is 32.1. The van der Waals surface area contributed by atoms with Crippen LogP contribution < -0.4 is 5.73 Å². The fraction of sp³-hybridized carbons (Fsp3) is 0.636. The number of nitrogens with two attached hydrogens (primary N) is 1. The number of rotatable bonds is 3. The van der Waals surface area contributed by atoms with Gasteiger partial charge in [-0.1, -0.05) is 0 Å². The van der Waals surface area contributed by atoms with Gasteiger partial charge >= 0.3 is 0 Å². The Morgan fingerprint density at radius 1 is 1.50 bits per heavy atom. The highest BCUT2D eigenvalue weighted by Gasteiger charge is 2.23. The minimum absolute atomic E-state index is 0.470. The molecule has 2 N–H and O–H groups in total. The lowest BCUT2D eigenvalue weighted by Crippen LogP contribution is -2.31. The number of hydrogen-bond donors (Lipinski definition) is 1. The van der Waals surface area contributed by atoms with Crippen LogP contribution in [0.4, 0.5) is 0 Å². The van der Waals surface area contributed by atoms with Crippen LogP contribution in [-0.2, 0) is 0 Å². The average molecular weight is 210 g/mol. The lowest BCUT2D eigenvalue weighted by atomic mass is 10.1. The molecule has 0 amide bonds. The second-order valence-electron chi connectivity index (χ2n) is 3.96. The van der Waals surface area contributed by atoms with Crippen molar-refractivity contribution in [1.82, 2.24) is 4.90 Å². The molecule has 14 heavy (non-hydrogen) atoms. The third-order valence-electron chi connectivity index (χ3n) is 3.01. The number of likely N-dealkylation sites (tertiary alicyclic amines) is 1. The van der Waals surface area contributed by atoms with Gasteiger partial charge < -0.3 is 5.73 Å². The summed E-state index contributed by atoms with van der Waals surface area (Å²) in [5, 5.41) is 2.17. The largest absolute Gasteiger partial charge is 0.329 e. The third kappa shape index (κ3) is 1.85. The van der Waals surface area contributed by atoms with Crippen LogP contribution in [0.2, 0.25) is 0 Å². The monoisotopic (exact) mass is 210 g/mol. The quantitative estimate of drug-likeness (QED) is 0.828. The molecule has 0 aliphatic carbocycles. The van der Waals surface area contributed by atoms with Gasteiger partial charge in [-0.25, -0.2) is 0 Å². The Bertz CT molecular complexity index is 289. The molecule has 0 radical (unpaired) electrons. The van der Waals surface area contributed by atoms with E-state index in [-0.39, 0.29) is 0 Å². The van der Waals surface area contributed by atoms with E-state index in [0.29, 0.717) is 6.04 Å². The van der Waals surface area contributed by atoms with Crippen molar-refractivity contribution in [2.24, 2.45) is 5.73 Å². The predicted octanol–water partition coefficient (Wildman–Crippen LogP) is 2.15. The van der Waals surface area contributed by atoms with Crippen molar-refractivity contribution in [3.05, 3.63) is 21.9 Å². The molecule has 2 nitrogen and oxygen atoms in total. The fourth-order valence-electron chi connectivity index (χ4n) is 2.20. The van der Waals surface area contributed by atoms with Crippen LogP contribution in [0.3, 0.4) is 0 Å². The Labute approximate surface area is 89.7 Å². The standard InChI is InChI=1S/C11H18N2S/c1-9-4-7-14-11(9)10(8-12)13-5-2-3-6-13/h4,7,10H,2-3,5-6,8,12H2,1H3. The molecule has 1 atom stereocenters. The van der Waals surface area contributed by atoms with Gasteiger partial charge in [0, 0.05) is 11.4 Å². The minimum Gasteiger partial charge on any atom is -0.329 e. The lowest BCUT2D eigenvalue weighted by Gasteiger charge is -2.25. The molecule has 2 rings (SSSR count). The zero-order valence-electron chi connectivity index (χ0n) is 8.70. The van der Waals surface area contributed by atoms with Crippen LogP contribution in [-0.4, -0.2) is 24.5 Å². The zero-order chi connectivity index (χ0) is 9.97. The van der Waals surface area contributed by atoms with Gasteiger partial charge in [0.2, 0.25) is 0 Å².